The van der Waals surface area contributed by atoms with Crippen LogP contribution in [0, 0.1) is 23.2 Å². The van der Waals surface area contributed by atoms with Crippen LogP contribution in [0.3, 0.4) is 0 Å². The minimum Gasteiger partial charge on any atom is -0.483 e. The Hall–Kier alpha value is -2.67. The molecule has 1 saturated heterocycles. The molecule has 7 rings (SSSR count). The van der Waals surface area contributed by atoms with Gasteiger partial charge < -0.3 is 14.8 Å². The number of allylic oxidation sites excluding steroid dienone is 2. The minimum atomic E-state index is -0.0261. The third kappa shape index (κ3) is 4.39. The van der Waals surface area contributed by atoms with Crippen molar-refractivity contribution in [3.63, 3.8) is 0 Å². The lowest BCUT2D eigenvalue weighted by Gasteiger charge is -2.27. The number of hydrogen-bond donors (Lipinski definition) is 1. The monoisotopic (exact) mass is 514 g/mol. The highest BCUT2D eigenvalue weighted by molar-refractivity contribution is 7.17. The molecule has 1 aliphatic heterocycles. The van der Waals surface area contributed by atoms with Crippen LogP contribution in [0.2, 0.25) is 0 Å². The van der Waals surface area contributed by atoms with Gasteiger partial charge in [-0.15, -0.1) is 11.3 Å². The van der Waals surface area contributed by atoms with Crippen molar-refractivity contribution in [1.82, 2.24) is 10.2 Å². The van der Waals surface area contributed by atoms with E-state index >= 15 is 0 Å². The highest BCUT2D eigenvalue weighted by Crippen LogP contribution is 2.69. The maximum Gasteiger partial charge on any atom is 0.257 e. The third-order valence-corrected chi connectivity index (χ3v) is 10.1. The van der Waals surface area contributed by atoms with Gasteiger partial charge in [-0.1, -0.05) is 36.4 Å². The summed E-state index contributed by atoms with van der Waals surface area (Å²) in [4.78, 5) is 15.2. The van der Waals surface area contributed by atoms with Crippen LogP contribution in [0.1, 0.15) is 24.8 Å². The van der Waals surface area contributed by atoms with Gasteiger partial charge in [0, 0.05) is 47.4 Å². The first-order valence-corrected chi connectivity index (χ1v) is 14.5. The normalized spacial score (nSPS) is 25.7. The lowest BCUT2D eigenvalue weighted by atomic mass is 9.89. The van der Waals surface area contributed by atoms with E-state index < -0.39 is 0 Å². The molecule has 1 aromatic heterocycles. The zero-order chi connectivity index (χ0) is 24.8. The summed E-state index contributed by atoms with van der Waals surface area (Å²) < 4.78 is 13.0. The van der Waals surface area contributed by atoms with Gasteiger partial charge in [0.1, 0.15) is 5.75 Å². The molecule has 2 saturated carbocycles. The fourth-order valence-electron chi connectivity index (χ4n) is 7.01. The van der Waals surface area contributed by atoms with Crippen LogP contribution in [0.5, 0.6) is 5.75 Å². The average molecular weight is 515 g/mol. The van der Waals surface area contributed by atoms with E-state index in [1.165, 1.54) is 40.5 Å². The number of hydrogen-bond acceptors (Lipinski definition) is 5. The molecule has 1 amide bonds. The number of ether oxygens (including phenoxy) is 2. The molecular weight excluding hydrogens is 480 g/mol. The largest absolute Gasteiger partial charge is 0.483 e. The van der Waals surface area contributed by atoms with E-state index in [1.807, 2.05) is 6.07 Å². The zero-order valence-corrected chi connectivity index (χ0v) is 22.0. The first-order chi connectivity index (χ1) is 18.2. The van der Waals surface area contributed by atoms with Crippen molar-refractivity contribution in [2.24, 2.45) is 23.2 Å². The van der Waals surface area contributed by atoms with E-state index in [0.717, 1.165) is 56.6 Å². The van der Waals surface area contributed by atoms with Crippen molar-refractivity contribution in [1.29, 1.82) is 0 Å². The van der Waals surface area contributed by atoms with Crippen molar-refractivity contribution in [3.05, 3.63) is 65.6 Å². The first-order valence-electron chi connectivity index (χ1n) is 13.7. The molecule has 37 heavy (non-hydrogen) atoms. The molecule has 3 aromatic rings. The Kier molecular flexibility index (Phi) is 6.07. The molecule has 6 heteroatoms. The Labute approximate surface area is 222 Å². The maximum absolute atomic E-state index is 12.8. The molecule has 192 valence electrons. The topological polar surface area (TPSA) is 50.8 Å². The number of carbonyl (C=O) groups excluding carboxylic acids is 1. The van der Waals surface area contributed by atoms with Gasteiger partial charge in [-0.05, 0) is 71.6 Å². The summed E-state index contributed by atoms with van der Waals surface area (Å²) in [6, 6.07) is 15.0. The summed E-state index contributed by atoms with van der Waals surface area (Å²) >= 11 is 1.78. The van der Waals surface area contributed by atoms with Crippen LogP contribution in [-0.4, -0.2) is 50.3 Å². The molecule has 3 aliphatic carbocycles. The van der Waals surface area contributed by atoms with Gasteiger partial charge in [-0.3, -0.25) is 9.69 Å². The van der Waals surface area contributed by atoms with E-state index in [9.17, 15) is 4.79 Å². The van der Waals surface area contributed by atoms with E-state index in [1.54, 1.807) is 11.3 Å². The molecule has 4 aliphatic rings. The van der Waals surface area contributed by atoms with Crippen molar-refractivity contribution in [2.45, 2.75) is 25.8 Å². The zero-order valence-electron chi connectivity index (χ0n) is 21.2. The van der Waals surface area contributed by atoms with Crippen LogP contribution >= 0.6 is 11.3 Å². The number of fused-ring (bicyclic) bond motifs is 1. The summed E-state index contributed by atoms with van der Waals surface area (Å²) in [5.41, 5.74) is 4.13. The highest BCUT2D eigenvalue weighted by atomic mass is 32.1. The van der Waals surface area contributed by atoms with Gasteiger partial charge in [-0.25, -0.2) is 0 Å². The Bertz CT molecular complexity index is 1340. The Morgan fingerprint density at radius 3 is 2.84 bits per heavy atom. The molecule has 1 spiro atoms. The third-order valence-electron chi connectivity index (χ3n) is 9.12. The highest BCUT2D eigenvalue weighted by Gasteiger charge is 2.62. The second kappa shape index (κ2) is 9.57. The fraction of sp³-hybridized carbons (Fsp3) is 0.452. The SMILES string of the molecule is O=C(COc1ccc(-c2csc3ccccc23)cc1CN1CCOCC1)NC[C@@H]1C[C@H]2C=C[C@H]1C21CC1. The number of carbonyl (C=O) groups is 1. The summed E-state index contributed by atoms with van der Waals surface area (Å²) in [6.45, 7) is 4.94. The van der Waals surface area contributed by atoms with Crippen LogP contribution in [0.25, 0.3) is 21.2 Å². The molecular formula is C31H34N2O3S. The number of amides is 1. The minimum absolute atomic E-state index is 0.0261. The van der Waals surface area contributed by atoms with Crippen LogP contribution in [-0.2, 0) is 16.1 Å². The van der Waals surface area contributed by atoms with Crippen LogP contribution in [0.4, 0.5) is 0 Å². The van der Waals surface area contributed by atoms with Crippen molar-refractivity contribution >= 4 is 27.3 Å². The summed E-state index contributed by atoms with van der Waals surface area (Å²) in [7, 11) is 0. The quantitative estimate of drug-likeness (QED) is 0.404. The Morgan fingerprint density at radius 2 is 2.00 bits per heavy atom. The van der Waals surface area contributed by atoms with Gasteiger partial charge in [0.2, 0.25) is 0 Å². The van der Waals surface area contributed by atoms with Crippen molar-refractivity contribution in [3.8, 4) is 16.9 Å². The van der Waals surface area contributed by atoms with E-state index in [-0.39, 0.29) is 12.5 Å². The fourth-order valence-corrected chi connectivity index (χ4v) is 7.98. The predicted molar refractivity (Wildman–Crippen MR) is 148 cm³/mol. The number of rotatable bonds is 8. The number of nitrogens with zero attached hydrogens (tertiary/aromatic N) is 1. The molecule has 3 atom stereocenters. The second-order valence-electron chi connectivity index (χ2n) is 11.2. The van der Waals surface area contributed by atoms with Crippen LogP contribution < -0.4 is 10.1 Å². The van der Waals surface area contributed by atoms with E-state index in [0.29, 0.717) is 17.3 Å². The molecule has 1 N–H and O–H groups in total. The Morgan fingerprint density at radius 1 is 1.14 bits per heavy atom. The second-order valence-corrected chi connectivity index (χ2v) is 12.1. The predicted octanol–water partition coefficient (Wildman–Crippen LogP) is 5.50. The molecule has 5 nitrogen and oxygen atoms in total. The number of thiophene rings is 1. The molecule has 2 bridgehead atoms. The van der Waals surface area contributed by atoms with Crippen molar-refractivity contribution < 1.29 is 14.3 Å². The molecule has 3 fully saturated rings. The van der Waals surface area contributed by atoms with Gasteiger partial charge in [0.05, 0.1) is 13.2 Å². The number of morpholine rings is 1. The lowest BCUT2D eigenvalue weighted by Crippen LogP contribution is -2.36. The van der Waals surface area contributed by atoms with Crippen LogP contribution in [0.15, 0.2) is 60.0 Å². The first kappa shape index (κ1) is 23.4. The summed E-state index contributed by atoms with van der Waals surface area (Å²) in [6.07, 6.45) is 8.81. The maximum atomic E-state index is 12.8. The van der Waals surface area contributed by atoms with Crippen molar-refractivity contribution in [2.75, 3.05) is 39.5 Å². The van der Waals surface area contributed by atoms with Gasteiger partial charge >= 0.3 is 0 Å². The smallest absolute Gasteiger partial charge is 0.257 e. The molecule has 2 heterocycles. The van der Waals surface area contributed by atoms with E-state index in [4.69, 9.17) is 9.47 Å². The van der Waals surface area contributed by atoms with Gasteiger partial charge in [-0.2, -0.15) is 0 Å². The number of benzene rings is 2. The number of nitrogens with one attached hydrogen (secondary N) is 1. The summed E-state index contributed by atoms with van der Waals surface area (Å²) in [5.74, 6) is 2.77. The average Bonchev–Trinajstić information content (AvgIpc) is 3.40. The molecule has 2 aromatic carbocycles. The van der Waals surface area contributed by atoms with Gasteiger partial charge in [0.25, 0.3) is 5.91 Å². The van der Waals surface area contributed by atoms with Gasteiger partial charge in [0.15, 0.2) is 6.61 Å². The summed E-state index contributed by atoms with van der Waals surface area (Å²) in [5, 5.41) is 6.69. The van der Waals surface area contributed by atoms with E-state index in [2.05, 4.69) is 64.1 Å². The lowest BCUT2D eigenvalue weighted by molar-refractivity contribution is -0.123. The Balaban J connectivity index is 1.04. The standard InChI is InChI=1S/C31H34N2O3S/c34-30(32-17-22-16-24-6-7-27(22)31(24)9-10-31)19-36-28-8-5-21(15-23(28)18-33-11-13-35-14-12-33)26-20-37-29-4-2-1-3-25(26)29/h1-8,15,20,22,24,27H,9-14,16-19H2,(H,32,34)/t22-,24+,27+/m0/s1. The molecule has 0 radical (unpaired) electrons. The molecule has 0 unspecified atom stereocenters.